The first-order chi connectivity index (χ1) is 6.65. The number of carbonyl (C=O) groups is 1. The number of esters is 1. The molecule has 0 fully saturated rings. The van der Waals surface area contributed by atoms with E-state index in [1.807, 2.05) is 0 Å². The van der Waals surface area contributed by atoms with Gasteiger partial charge in [0, 0.05) is 0 Å². The maximum absolute atomic E-state index is 10.9. The second kappa shape index (κ2) is 4.04. The molecule has 0 aliphatic heterocycles. The number of nitriles is 1. The Kier molecular flexibility index (Phi) is 2.81. The highest BCUT2D eigenvalue weighted by molar-refractivity contribution is 5.86. The summed E-state index contributed by atoms with van der Waals surface area (Å²) in [5.74, 6) is -1.75. The maximum atomic E-state index is 10.9. The minimum absolute atomic E-state index is 0.299. The number of hydrogen-bond acceptors (Lipinski definition) is 6. The fourth-order valence-corrected chi connectivity index (χ4v) is 0.704. The van der Waals surface area contributed by atoms with E-state index in [0.29, 0.717) is 0 Å². The van der Waals surface area contributed by atoms with Crippen molar-refractivity contribution >= 4 is 11.9 Å². The van der Waals surface area contributed by atoms with E-state index in [0.717, 1.165) is 12.1 Å². The Morgan fingerprint density at radius 2 is 2.43 bits per heavy atom. The summed E-state index contributed by atoms with van der Waals surface area (Å²) in [7, 11) is 0. The molecular weight excluding hydrogens is 192 g/mol. The summed E-state index contributed by atoms with van der Waals surface area (Å²) >= 11 is 0. The highest BCUT2D eigenvalue weighted by Gasteiger charge is 2.17. The molecule has 14 heavy (non-hydrogen) atoms. The van der Waals surface area contributed by atoms with Gasteiger partial charge >= 0.3 is 11.9 Å². The number of rotatable bonds is 3. The molecule has 0 aliphatic rings. The molecule has 0 unspecified atom stereocenters. The van der Waals surface area contributed by atoms with E-state index in [9.17, 15) is 14.9 Å². The van der Waals surface area contributed by atoms with E-state index in [-0.39, 0.29) is 5.76 Å². The van der Waals surface area contributed by atoms with E-state index in [1.165, 1.54) is 0 Å². The minimum atomic E-state index is -0.903. The molecule has 7 nitrogen and oxygen atoms in total. The van der Waals surface area contributed by atoms with Crippen LogP contribution in [0.3, 0.4) is 0 Å². The molecule has 0 N–H and O–H groups in total. The number of hydrogen-bond donors (Lipinski definition) is 0. The van der Waals surface area contributed by atoms with Crippen molar-refractivity contribution in [3.8, 4) is 6.07 Å². The molecule has 1 aromatic heterocycles. The van der Waals surface area contributed by atoms with Gasteiger partial charge in [0.25, 0.3) is 0 Å². The van der Waals surface area contributed by atoms with Crippen LogP contribution in [-0.2, 0) is 4.74 Å². The van der Waals surface area contributed by atoms with Crippen LogP contribution in [0.2, 0.25) is 0 Å². The molecular formula is C7H4N2O5. The molecule has 1 rings (SSSR count). The molecule has 0 saturated carbocycles. The summed E-state index contributed by atoms with van der Waals surface area (Å²) in [6.45, 7) is -0.423. The summed E-state index contributed by atoms with van der Waals surface area (Å²) in [5, 5.41) is 18.2. The van der Waals surface area contributed by atoms with Gasteiger partial charge < -0.3 is 9.15 Å². The highest BCUT2D eigenvalue weighted by Crippen LogP contribution is 2.15. The topological polar surface area (TPSA) is 106 Å². The lowest BCUT2D eigenvalue weighted by atomic mass is 10.4. The molecule has 0 bridgehead atoms. The van der Waals surface area contributed by atoms with Crippen LogP contribution in [0, 0.1) is 21.4 Å². The van der Waals surface area contributed by atoms with Gasteiger partial charge in [-0.25, -0.2) is 4.79 Å². The van der Waals surface area contributed by atoms with E-state index >= 15 is 0 Å². The predicted octanol–water partition coefficient (Wildman–Crippen LogP) is 0.868. The van der Waals surface area contributed by atoms with Gasteiger partial charge in [-0.05, 0) is 6.07 Å². The molecule has 0 aliphatic carbocycles. The standard InChI is InChI=1S/C7H4N2O5/c8-3-4-13-7(10)5-1-2-6(14-5)9(11)12/h1-2H,4H2. The highest BCUT2D eigenvalue weighted by atomic mass is 16.7. The maximum Gasteiger partial charge on any atom is 0.433 e. The summed E-state index contributed by atoms with van der Waals surface area (Å²) in [6, 6.07) is 3.72. The average Bonchev–Trinajstić information content (AvgIpc) is 2.62. The zero-order valence-corrected chi connectivity index (χ0v) is 6.80. The molecule has 0 spiro atoms. The zero-order valence-electron chi connectivity index (χ0n) is 6.80. The van der Waals surface area contributed by atoms with Crippen LogP contribution in [0.15, 0.2) is 16.5 Å². The lowest BCUT2D eigenvalue weighted by Crippen LogP contribution is -2.03. The second-order valence-corrected chi connectivity index (χ2v) is 2.13. The summed E-state index contributed by atoms with van der Waals surface area (Å²) in [4.78, 5) is 20.3. The van der Waals surface area contributed by atoms with Crippen LogP contribution in [-0.4, -0.2) is 17.5 Å². The second-order valence-electron chi connectivity index (χ2n) is 2.13. The third-order valence-corrected chi connectivity index (χ3v) is 1.24. The van der Waals surface area contributed by atoms with Crippen LogP contribution in [0.25, 0.3) is 0 Å². The van der Waals surface area contributed by atoms with Crippen molar-refractivity contribution in [1.29, 1.82) is 5.26 Å². The van der Waals surface area contributed by atoms with Gasteiger partial charge in [0.15, 0.2) is 6.61 Å². The summed E-state index contributed by atoms with van der Waals surface area (Å²) < 4.78 is 8.87. The van der Waals surface area contributed by atoms with E-state index in [2.05, 4.69) is 9.15 Å². The Morgan fingerprint density at radius 3 is 2.93 bits per heavy atom. The minimum Gasteiger partial charge on any atom is -0.444 e. The average molecular weight is 196 g/mol. The van der Waals surface area contributed by atoms with Crippen LogP contribution < -0.4 is 0 Å². The SMILES string of the molecule is N#CCOC(=O)c1ccc([N+](=O)[O-])o1. The smallest absolute Gasteiger partial charge is 0.433 e. The number of ether oxygens (including phenoxy) is 1. The molecule has 0 atom stereocenters. The molecule has 72 valence electrons. The van der Waals surface area contributed by atoms with Gasteiger partial charge in [-0.2, -0.15) is 5.26 Å². The van der Waals surface area contributed by atoms with Crippen LogP contribution in [0.5, 0.6) is 0 Å². The Bertz CT molecular complexity index is 402. The lowest BCUT2D eigenvalue weighted by molar-refractivity contribution is -0.402. The number of furan rings is 1. The number of nitro groups is 1. The fourth-order valence-electron chi connectivity index (χ4n) is 0.704. The van der Waals surface area contributed by atoms with Crippen molar-refractivity contribution in [3.63, 3.8) is 0 Å². The molecule has 7 heteroatoms. The molecule has 1 aromatic rings. The molecule has 0 radical (unpaired) electrons. The van der Waals surface area contributed by atoms with Crippen molar-refractivity contribution in [2.24, 2.45) is 0 Å². The van der Waals surface area contributed by atoms with Gasteiger partial charge in [-0.1, -0.05) is 0 Å². The van der Waals surface area contributed by atoms with E-state index in [4.69, 9.17) is 5.26 Å². The van der Waals surface area contributed by atoms with E-state index < -0.39 is 23.4 Å². The van der Waals surface area contributed by atoms with Gasteiger partial charge in [0.05, 0.1) is 6.07 Å². The first-order valence-corrected chi connectivity index (χ1v) is 3.43. The summed E-state index contributed by atoms with van der Waals surface area (Å²) in [5.41, 5.74) is 0. The molecule has 1 heterocycles. The van der Waals surface area contributed by atoms with Crippen molar-refractivity contribution in [2.75, 3.05) is 6.61 Å². The number of carbonyl (C=O) groups excluding carboxylic acids is 1. The number of nitrogens with zero attached hydrogens (tertiary/aromatic N) is 2. The van der Waals surface area contributed by atoms with Gasteiger partial charge in [-0.15, -0.1) is 0 Å². The van der Waals surface area contributed by atoms with Gasteiger partial charge in [0.2, 0.25) is 5.76 Å². The zero-order chi connectivity index (χ0) is 10.6. The normalized spacial score (nSPS) is 9.07. The van der Waals surface area contributed by atoms with Gasteiger partial charge in [-0.3, -0.25) is 10.1 Å². The monoisotopic (exact) mass is 196 g/mol. The summed E-state index contributed by atoms with van der Waals surface area (Å²) in [6.07, 6.45) is 0. The van der Waals surface area contributed by atoms with E-state index in [1.54, 1.807) is 6.07 Å². The Labute approximate surface area is 77.6 Å². The Balaban J connectivity index is 2.72. The first kappa shape index (κ1) is 9.73. The van der Waals surface area contributed by atoms with Crippen LogP contribution in [0.1, 0.15) is 10.6 Å². The Hall–Kier alpha value is -2.36. The molecule has 0 aromatic carbocycles. The third kappa shape index (κ3) is 2.07. The largest absolute Gasteiger partial charge is 0.444 e. The lowest BCUT2D eigenvalue weighted by Gasteiger charge is -1.93. The van der Waals surface area contributed by atoms with Crippen molar-refractivity contribution < 1.29 is 18.9 Å². The van der Waals surface area contributed by atoms with Crippen LogP contribution >= 0.6 is 0 Å². The molecule has 0 amide bonds. The third-order valence-electron chi connectivity index (χ3n) is 1.24. The first-order valence-electron chi connectivity index (χ1n) is 3.43. The van der Waals surface area contributed by atoms with Crippen LogP contribution in [0.4, 0.5) is 5.88 Å². The van der Waals surface area contributed by atoms with Crippen molar-refractivity contribution in [2.45, 2.75) is 0 Å². The quantitative estimate of drug-likeness (QED) is 0.403. The Morgan fingerprint density at radius 1 is 1.71 bits per heavy atom. The fraction of sp³-hybridized carbons (Fsp3) is 0.143. The predicted molar refractivity (Wildman–Crippen MR) is 41.3 cm³/mol. The van der Waals surface area contributed by atoms with Crippen molar-refractivity contribution in [1.82, 2.24) is 0 Å². The van der Waals surface area contributed by atoms with Crippen molar-refractivity contribution in [3.05, 3.63) is 28.0 Å². The molecule has 0 saturated heterocycles. The van der Waals surface area contributed by atoms with Gasteiger partial charge in [0.1, 0.15) is 11.0 Å².